The molecule has 0 aliphatic rings. The van der Waals surface area contributed by atoms with Crippen molar-refractivity contribution in [3.63, 3.8) is 0 Å². The van der Waals surface area contributed by atoms with Crippen molar-refractivity contribution >= 4 is 17.4 Å². The number of hydrogen-bond donors (Lipinski definition) is 2. The van der Waals surface area contributed by atoms with Gasteiger partial charge in [0.1, 0.15) is 5.65 Å². The van der Waals surface area contributed by atoms with Gasteiger partial charge in [-0.2, -0.15) is 11.8 Å². The van der Waals surface area contributed by atoms with E-state index in [1.54, 1.807) is 11.8 Å². The van der Waals surface area contributed by atoms with Gasteiger partial charge in [0.05, 0.1) is 18.5 Å². The predicted molar refractivity (Wildman–Crippen MR) is 80.6 cm³/mol. The second-order valence-corrected chi connectivity index (χ2v) is 5.89. The van der Waals surface area contributed by atoms with Gasteiger partial charge in [0, 0.05) is 24.0 Å². The molecular formula is C14H21N3OS. The number of nitrogens with zero attached hydrogens (tertiary/aromatic N) is 2. The molecule has 0 aliphatic heterocycles. The molecule has 0 saturated heterocycles. The van der Waals surface area contributed by atoms with Gasteiger partial charge in [0.25, 0.3) is 0 Å². The van der Waals surface area contributed by atoms with Crippen LogP contribution in [0.2, 0.25) is 0 Å². The third-order valence-corrected chi connectivity index (χ3v) is 4.55. The second kappa shape index (κ2) is 6.41. The van der Waals surface area contributed by atoms with Crippen LogP contribution in [0.3, 0.4) is 0 Å². The minimum absolute atomic E-state index is 0.196. The highest BCUT2D eigenvalue weighted by atomic mass is 32.2. The van der Waals surface area contributed by atoms with Crippen molar-refractivity contribution in [2.24, 2.45) is 0 Å². The molecule has 0 spiro atoms. The lowest BCUT2D eigenvalue weighted by molar-refractivity contribution is 0.275. The fourth-order valence-electron chi connectivity index (χ4n) is 2.10. The average molecular weight is 279 g/mol. The van der Waals surface area contributed by atoms with Crippen LogP contribution in [0.5, 0.6) is 0 Å². The van der Waals surface area contributed by atoms with Gasteiger partial charge in [-0.1, -0.05) is 0 Å². The molecule has 2 heterocycles. The molecule has 0 saturated carbocycles. The molecule has 2 aromatic heterocycles. The molecule has 0 amide bonds. The highest BCUT2D eigenvalue weighted by Gasteiger charge is 2.15. The van der Waals surface area contributed by atoms with Crippen molar-refractivity contribution in [3.8, 4) is 0 Å². The number of pyridine rings is 1. The molecule has 19 heavy (non-hydrogen) atoms. The van der Waals surface area contributed by atoms with Crippen molar-refractivity contribution in [3.05, 3.63) is 35.8 Å². The van der Waals surface area contributed by atoms with Gasteiger partial charge < -0.3 is 14.8 Å². The third kappa shape index (κ3) is 3.29. The first kappa shape index (κ1) is 14.4. The molecule has 2 N–H and O–H groups in total. The molecule has 0 radical (unpaired) electrons. The standard InChI is InChI=1S/C14H21N3OS/c1-10-4-5-17-12(8-16-14(17)6-10)7-15-11(2)13(9-18)19-3/h4-6,8,11,13,15,18H,7,9H2,1-3H3. The highest BCUT2D eigenvalue weighted by molar-refractivity contribution is 7.99. The Balaban J connectivity index is 2.06. The molecule has 0 fully saturated rings. The largest absolute Gasteiger partial charge is 0.395 e. The zero-order chi connectivity index (χ0) is 13.8. The van der Waals surface area contributed by atoms with Crippen LogP contribution in [-0.4, -0.2) is 38.6 Å². The number of aromatic nitrogens is 2. The first-order valence-corrected chi connectivity index (χ1v) is 7.74. The SMILES string of the molecule is CSC(CO)C(C)NCc1cnc2cc(C)ccn12. The van der Waals surface area contributed by atoms with Crippen molar-refractivity contribution in [2.45, 2.75) is 31.7 Å². The maximum absolute atomic E-state index is 9.28. The number of rotatable bonds is 6. The topological polar surface area (TPSA) is 49.6 Å². The van der Waals surface area contributed by atoms with Gasteiger partial charge in [-0.25, -0.2) is 4.98 Å². The van der Waals surface area contributed by atoms with E-state index in [4.69, 9.17) is 0 Å². The van der Waals surface area contributed by atoms with Crippen LogP contribution in [-0.2, 0) is 6.54 Å². The molecule has 2 aromatic rings. The number of nitrogens with one attached hydrogen (secondary N) is 1. The Morgan fingerprint density at radius 1 is 1.53 bits per heavy atom. The highest BCUT2D eigenvalue weighted by Crippen LogP contribution is 2.12. The summed E-state index contributed by atoms with van der Waals surface area (Å²) >= 11 is 1.69. The van der Waals surface area contributed by atoms with E-state index in [-0.39, 0.29) is 17.9 Å². The smallest absolute Gasteiger partial charge is 0.137 e. The zero-order valence-corrected chi connectivity index (χ0v) is 12.4. The van der Waals surface area contributed by atoms with Crippen LogP contribution in [0.25, 0.3) is 5.65 Å². The minimum Gasteiger partial charge on any atom is -0.395 e. The summed E-state index contributed by atoms with van der Waals surface area (Å²) in [7, 11) is 0. The second-order valence-electron chi connectivity index (χ2n) is 4.81. The summed E-state index contributed by atoms with van der Waals surface area (Å²) in [6.07, 6.45) is 5.98. The quantitative estimate of drug-likeness (QED) is 0.847. The third-order valence-electron chi connectivity index (χ3n) is 3.39. The molecule has 0 aromatic carbocycles. The Labute approximate surface area is 118 Å². The molecule has 0 aliphatic carbocycles. The van der Waals surface area contributed by atoms with E-state index in [1.807, 2.05) is 12.5 Å². The number of aliphatic hydroxyl groups is 1. The number of aryl methyl sites for hydroxylation is 1. The summed E-state index contributed by atoms with van der Waals surface area (Å²) in [5.74, 6) is 0. The summed E-state index contributed by atoms with van der Waals surface area (Å²) in [5, 5.41) is 13.0. The van der Waals surface area contributed by atoms with Crippen molar-refractivity contribution in [1.82, 2.24) is 14.7 Å². The normalized spacial score (nSPS) is 14.7. The van der Waals surface area contributed by atoms with Crippen LogP contribution in [0.1, 0.15) is 18.2 Å². The molecular weight excluding hydrogens is 258 g/mol. The Morgan fingerprint density at radius 3 is 3.00 bits per heavy atom. The van der Waals surface area contributed by atoms with Crippen LogP contribution in [0.15, 0.2) is 24.5 Å². The molecule has 104 valence electrons. The zero-order valence-electron chi connectivity index (χ0n) is 11.6. The predicted octanol–water partition coefficient (Wildman–Crippen LogP) is 1.84. The van der Waals surface area contributed by atoms with Gasteiger partial charge in [-0.05, 0) is 37.8 Å². The molecule has 4 nitrogen and oxygen atoms in total. The van der Waals surface area contributed by atoms with Crippen molar-refractivity contribution < 1.29 is 5.11 Å². The minimum atomic E-state index is 0.196. The number of thioether (sulfide) groups is 1. The van der Waals surface area contributed by atoms with E-state index in [2.05, 4.69) is 46.9 Å². The van der Waals surface area contributed by atoms with E-state index in [9.17, 15) is 5.11 Å². The summed E-state index contributed by atoms with van der Waals surface area (Å²) in [6, 6.07) is 4.42. The average Bonchev–Trinajstić information content (AvgIpc) is 2.80. The van der Waals surface area contributed by atoms with E-state index in [0.29, 0.717) is 0 Å². The monoisotopic (exact) mass is 279 g/mol. The number of hydrogen-bond acceptors (Lipinski definition) is 4. The Morgan fingerprint density at radius 2 is 2.32 bits per heavy atom. The van der Waals surface area contributed by atoms with Crippen LogP contribution < -0.4 is 5.32 Å². The van der Waals surface area contributed by atoms with Crippen molar-refractivity contribution in [2.75, 3.05) is 12.9 Å². The first-order valence-electron chi connectivity index (χ1n) is 6.45. The summed E-state index contributed by atoms with van der Waals surface area (Å²) in [4.78, 5) is 4.41. The van der Waals surface area contributed by atoms with E-state index in [0.717, 1.165) is 17.9 Å². The van der Waals surface area contributed by atoms with E-state index < -0.39 is 0 Å². The van der Waals surface area contributed by atoms with Crippen LogP contribution >= 0.6 is 11.8 Å². The number of fused-ring (bicyclic) bond motifs is 1. The lowest BCUT2D eigenvalue weighted by Crippen LogP contribution is -2.37. The molecule has 0 bridgehead atoms. The first-order chi connectivity index (χ1) is 9.15. The van der Waals surface area contributed by atoms with Crippen LogP contribution in [0, 0.1) is 6.92 Å². The number of imidazole rings is 1. The lowest BCUT2D eigenvalue weighted by Gasteiger charge is -2.21. The fourth-order valence-corrected chi connectivity index (χ4v) is 2.75. The molecule has 5 heteroatoms. The molecule has 2 rings (SSSR count). The Kier molecular flexibility index (Phi) is 4.85. The van der Waals surface area contributed by atoms with Gasteiger partial charge in [-0.15, -0.1) is 0 Å². The van der Waals surface area contributed by atoms with Crippen LogP contribution in [0.4, 0.5) is 0 Å². The maximum Gasteiger partial charge on any atom is 0.137 e. The van der Waals surface area contributed by atoms with Gasteiger partial charge >= 0.3 is 0 Å². The molecule has 2 unspecified atom stereocenters. The number of aliphatic hydroxyl groups excluding tert-OH is 1. The van der Waals surface area contributed by atoms with E-state index in [1.165, 1.54) is 5.56 Å². The van der Waals surface area contributed by atoms with Gasteiger partial charge in [-0.3, -0.25) is 0 Å². The maximum atomic E-state index is 9.28. The van der Waals surface area contributed by atoms with Gasteiger partial charge in [0.2, 0.25) is 0 Å². The summed E-state index contributed by atoms with van der Waals surface area (Å²) in [5.41, 5.74) is 3.33. The van der Waals surface area contributed by atoms with Gasteiger partial charge in [0.15, 0.2) is 0 Å². The fraction of sp³-hybridized carbons (Fsp3) is 0.500. The Bertz CT molecular complexity index is 536. The molecule has 2 atom stereocenters. The lowest BCUT2D eigenvalue weighted by atomic mass is 10.2. The summed E-state index contributed by atoms with van der Waals surface area (Å²) in [6.45, 7) is 5.12. The van der Waals surface area contributed by atoms with Crippen molar-refractivity contribution in [1.29, 1.82) is 0 Å². The van der Waals surface area contributed by atoms with E-state index >= 15 is 0 Å². The Hall–Kier alpha value is -1.04. The summed E-state index contributed by atoms with van der Waals surface area (Å²) < 4.78 is 2.10.